The van der Waals surface area contributed by atoms with E-state index in [9.17, 15) is 13.2 Å². The van der Waals surface area contributed by atoms with Crippen LogP contribution in [0.3, 0.4) is 0 Å². The topological polar surface area (TPSA) is 81.7 Å². The van der Waals surface area contributed by atoms with Crippen LogP contribution in [0.15, 0.2) is 18.3 Å². The molecule has 20 heavy (non-hydrogen) atoms. The van der Waals surface area contributed by atoms with Crippen molar-refractivity contribution < 1.29 is 13.2 Å². The molecule has 0 aliphatic rings. The van der Waals surface area contributed by atoms with Crippen LogP contribution in [-0.4, -0.2) is 19.7 Å². The van der Waals surface area contributed by atoms with Crippen molar-refractivity contribution in [2.24, 2.45) is 5.84 Å². The molecule has 2 heterocycles. The Hall–Kier alpha value is -2.16. The van der Waals surface area contributed by atoms with Crippen molar-refractivity contribution >= 4 is 5.82 Å². The maximum Gasteiger partial charge on any atom is 0.451 e. The average Bonchev–Trinajstić information content (AvgIpc) is 2.87. The van der Waals surface area contributed by atoms with Gasteiger partial charge < -0.3 is 5.43 Å². The van der Waals surface area contributed by atoms with Crippen LogP contribution in [0.2, 0.25) is 0 Å². The van der Waals surface area contributed by atoms with Crippen LogP contribution in [0.4, 0.5) is 19.0 Å². The van der Waals surface area contributed by atoms with E-state index in [1.54, 1.807) is 6.07 Å². The van der Waals surface area contributed by atoms with E-state index < -0.39 is 12.0 Å². The van der Waals surface area contributed by atoms with Crippen molar-refractivity contribution in [3.05, 3.63) is 29.8 Å². The van der Waals surface area contributed by atoms with Crippen molar-refractivity contribution in [2.45, 2.75) is 25.9 Å². The van der Waals surface area contributed by atoms with Gasteiger partial charge in [0.1, 0.15) is 5.82 Å². The number of aromatic nitrogens is 4. The van der Waals surface area contributed by atoms with E-state index in [1.807, 2.05) is 13.8 Å². The average molecular weight is 286 g/mol. The van der Waals surface area contributed by atoms with Gasteiger partial charge >= 0.3 is 6.18 Å². The van der Waals surface area contributed by atoms with Gasteiger partial charge in [-0.1, -0.05) is 13.8 Å². The first-order valence-corrected chi connectivity index (χ1v) is 5.80. The summed E-state index contributed by atoms with van der Waals surface area (Å²) in [5, 5.41) is 4.17. The Balaban J connectivity index is 2.49. The van der Waals surface area contributed by atoms with E-state index in [1.165, 1.54) is 16.9 Å². The minimum Gasteiger partial charge on any atom is -0.308 e. The molecule has 0 amide bonds. The quantitative estimate of drug-likeness (QED) is 0.667. The third-order valence-corrected chi connectivity index (χ3v) is 2.55. The molecule has 0 saturated carbocycles. The van der Waals surface area contributed by atoms with Gasteiger partial charge in [0.05, 0.1) is 5.69 Å². The predicted octanol–water partition coefficient (Wildman–Crippen LogP) is 2.09. The highest BCUT2D eigenvalue weighted by atomic mass is 19.4. The monoisotopic (exact) mass is 286 g/mol. The molecule has 0 aliphatic carbocycles. The molecule has 0 atom stereocenters. The fraction of sp³-hybridized carbons (Fsp3) is 0.364. The van der Waals surface area contributed by atoms with Crippen molar-refractivity contribution in [2.75, 3.05) is 5.43 Å². The maximum atomic E-state index is 12.7. The minimum atomic E-state index is -4.66. The van der Waals surface area contributed by atoms with Gasteiger partial charge in [-0.15, -0.1) is 0 Å². The van der Waals surface area contributed by atoms with Crippen molar-refractivity contribution in [1.82, 2.24) is 19.7 Å². The number of nitrogens with zero attached hydrogens (tertiary/aromatic N) is 4. The smallest absolute Gasteiger partial charge is 0.308 e. The van der Waals surface area contributed by atoms with E-state index in [-0.39, 0.29) is 17.6 Å². The molecule has 0 spiro atoms. The Morgan fingerprint density at radius 2 is 2.00 bits per heavy atom. The largest absolute Gasteiger partial charge is 0.451 e. The minimum absolute atomic E-state index is 0.00725. The molecule has 0 bridgehead atoms. The number of nitrogen functional groups attached to an aromatic ring is 1. The van der Waals surface area contributed by atoms with Gasteiger partial charge in [0, 0.05) is 12.3 Å². The Kier molecular flexibility index (Phi) is 3.62. The highest BCUT2D eigenvalue weighted by Crippen LogP contribution is 2.27. The standard InChI is InChI=1S/C11H13F3N6/c1-6(2)7-3-4-20(19-7)9-5-8(18-15)16-10(17-9)11(12,13)14/h3-6H,15H2,1-2H3,(H,16,17,18). The molecular formula is C11H13F3N6. The normalized spacial score (nSPS) is 11.9. The zero-order valence-corrected chi connectivity index (χ0v) is 10.8. The Bertz CT molecular complexity index is 604. The first kappa shape index (κ1) is 14.3. The lowest BCUT2D eigenvalue weighted by Gasteiger charge is -2.09. The van der Waals surface area contributed by atoms with E-state index in [2.05, 4.69) is 20.5 Å². The SMILES string of the molecule is CC(C)c1ccn(-c2cc(NN)nc(C(F)(F)F)n2)n1. The predicted molar refractivity (Wildman–Crippen MR) is 66.1 cm³/mol. The van der Waals surface area contributed by atoms with Crippen LogP contribution >= 0.6 is 0 Å². The summed E-state index contributed by atoms with van der Waals surface area (Å²) in [6.07, 6.45) is -3.12. The summed E-state index contributed by atoms with van der Waals surface area (Å²) in [5.41, 5.74) is 2.84. The first-order valence-electron chi connectivity index (χ1n) is 5.80. The number of rotatable bonds is 3. The molecule has 0 fully saturated rings. The van der Waals surface area contributed by atoms with Gasteiger partial charge in [0.2, 0.25) is 5.82 Å². The van der Waals surface area contributed by atoms with Crippen LogP contribution < -0.4 is 11.3 Å². The second kappa shape index (κ2) is 5.08. The van der Waals surface area contributed by atoms with Crippen molar-refractivity contribution in [1.29, 1.82) is 0 Å². The molecule has 0 radical (unpaired) electrons. The fourth-order valence-electron chi connectivity index (χ4n) is 1.53. The second-order valence-electron chi connectivity index (χ2n) is 4.42. The zero-order valence-electron chi connectivity index (χ0n) is 10.8. The third-order valence-electron chi connectivity index (χ3n) is 2.55. The molecule has 0 saturated heterocycles. The summed E-state index contributed by atoms with van der Waals surface area (Å²) in [5.74, 6) is 3.87. The van der Waals surface area contributed by atoms with E-state index >= 15 is 0 Å². The van der Waals surface area contributed by atoms with Gasteiger partial charge in [-0.05, 0) is 12.0 Å². The van der Waals surface area contributed by atoms with Crippen molar-refractivity contribution in [3.63, 3.8) is 0 Å². The fourth-order valence-corrected chi connectivity index (χ4v) is 1.53. The lowest BCUT2D eigenvalue weighted by molar-refractivity contribution is -0.144. The van der Waals surface area contributed by atoms with Gasteiger partial charge in [-0.3, -0.25) is 0 Å². The first-order chi connectivity index (χ1) is 9.31. The number of halogens is 3. The van der Waals surface area contributed by atoms with Crippen LogP contribution in [-0.2, 0) is 6.18 Å². The highest BCUT2D eigenvalue weighted by Gasteiger charge is 2.35. The van der Waals surface area contributed by atoms with E-state index in [0.717, 1.165) is 5.69 Å². The van der Waals surface area contributed by atoms with E-state index in [0.29, 0.717) is 0 Å². The van der Waals surface area contributed by atoms with Gasteiger partial charge in [-0.25, -0.2) is 20.5 Å². The van der Waals surface area contributed by atoms with Gasteiger partial charge in [-0.2, -0.15) is 18.3 Å². The van der Waals surface area contributed by atoms with E-state index in [4.69, 9.17) is 5.84 Å². The number of anilines is 1. The number of hydrazine groups is 1. The molecule has 3 N–H and O–H groups in total. The summed E-state index contributed by atoms with van der Waals surface area (Å²) in [6.45, 7) is 3.86. The maximum absolute atomic E-state index is 12.7. The Morgan fingerprint density at radius 1 is 1.30 bits per heavy atom. The Labute approximate surface area is 112 Å². The third kappa shape index (κ3) is 2.87. The lowest BCUT2D eigenvalue weighted by atomic mass is 10.1. The van der Waals surface area contributed by atoms with Crippen LogP contribution in [0.5, 0.6) is 0 Å². The van der Waals surface area contributed by atoms with Gasteiger partial charge in [0.25, 0.3) is 0 Å². The molecular weight excluding hydrogens is 273 g/mol. The van der Waals surface area contributed by atoms with Crippen LogP contribution in [0.25, 0.3) is 5.82 Å². The molecule has 6 nitrogen and oxygen atoms in total. The number of nitrogens with one attached hydrogen (secondary N) is 1. The molecule has 9 heteroatoms. The summed E-state index contributed by atoms with van der Waals surface area (Å²) in [4.78, 5) is 6.74. The molecule has 0 aromatic carbocycles. The number of hydrogen-bond acceptors (Lipinski definition) is 5. The molecule has 0 unspecified atom stereocenters. The lowest BCUT2D eigenvalue weighted by Crippen LogP contribution is -2.17. The second-order valence-corrected chi connectivity index (χ2v) is 4.42. The molecule has 0 aliphatic heterocycles. The highest BCUT2D eigenvalue weighted by molar-refractivity contribution is 5.40. The summed E-state index contributed by atoms with van der Waals surface area (Å²) in [6, 6.07) is 3.00. The summed E-state index contributed by atoms with van der Waals surface area (Å²) >= 11 is 0. The molecule has 2 rings (SSSR count). The molecule has 108 valence electrons. The molecule has 2 aromatic rings. The summed E-state index contributed by atoms with van der Waals surface area (Å²) in [7, 11) is 0. The van der Waals surface area contributed by atoms with Crippen LogP contribution in [0, 0.1) is 0 Å². The number of nitrogens with two attached hydrogens (primary N) is 1. The zero-order chi connectivity index (χ0) is 14.9. The number of alkyl halides is 3. The molecule has 2 aromatic heterocycles. The van der Waals surface area contributed by atoms with Crippen molar-refractivity contribution in [3.8, 4) is 5.82 Å². The Morgan fingerprint density at radius 3 is 2.50 bits per heavy atom. The summed E-state index contributed by atoms with van der Waals surface area (Å²) < 4.78 is 39.4. The van der Waals surface area contributed by atoms with Crippen LogP contribution in [0.1, 0.15) is 31.3 Å². The number of hydrogen-bond donors (Lipinski definition) is 2. The van der Waals surface area contributed by atoms with Gasteiger partial charge in [0.15, 0.2) is 5.82 Å².